The van der Waals surface area contributed by atoms with Crippen LogP contribution in [0, 0.1) is 0 Å². The number of nitrogens with two attached hydrogens (primary N) is 1. The third-order valence-corrected chi connectivity index (χ3v) is 3.44. The lowest BCUT2D eigenvalue weighted by Gasteiger charge is -2.18. The highest BCUT2D eigenvalue weighted by Gasteiger charge is 2.27. The van der Waals surface area contributed by atoms with Crippen molar-refractivity contribution in [1.29, 1.82) is 0 Å². The molecule has 2 rings (SSSR count). The van der Waals surface area contributed by atoms with Crippen LogP contribution in [-0.4, -0.2) is 36.6 Å². The van der Waals surface area contributed by atoms with Gasteiger partial charge < -0.3 is 15.4 Å². The van der Waals surface area contributed by atoms with Gasteiger partial charge in [-0.3, -0.25) is 0 Å². The van der Waals surface area contributed by atoms with E-state index in [9.17, 15) is 0 Å². The number of ether oxygens (including phenoxy) is 1. The standard InChI is InChI=1S/C14H20ClN3O.HI/c1-10(19-13-6-4-3-5-12(13)15)9-17-14(16)18(2)11-7-8-11;/h3-6,10-11H,7-9H2,1-2H3,(H2,16,17);1H. The Morgan fingerprint density at radius 1 is 1.50 bits per heavy atom. The highest BCUT2D eigenvalue weighted by molar-refractivity contribution is 14.0. The SMILES string of the molecule is CC(CN=C(N)N(C)C1CC1)Oc1ccccc1Cl.I. The fourth-order valence-electron chi connectivity index (χ4n) is 1.78. The van der Waals surface area contributed by atoms with E-state index in [0.717, 1.165) is 0 Å². The molecule has 1 saturated carbocycles. The maximum atomic E-state index is 6.04. The Morgan fingerprint density at radius 2 is 2.15 bits per heavy atom. The average molecular weight is 410 g/mol. The third kappa shape index (κ3) is 5.01. The van der Waals surface area contributed by atoms with Crippen LogP contribution in [0.25, 0.3) is 0 Å². The Bertz CT molecular complexity index is 465. The molecule has 1 atom stereocenters. The van der Waals surface area contributed by atoms with Crippen LogP contribution in [0.5, 0.6) is 5.75 Å². The number of rotatable bonds is 5. The van der Waals surface area contributed by atoms with E-state index in [1.807, 2.05) is 43.1 Å². The number of nitrogens with zero attached hydrogens (tertiary/aromatic N) is 2. The van der Waals surface area contributed by atoms with Crippen LogP contribution >= 0.6 is 35.6 Å². The number of hydrogen-bond donors (Lipinski definition) is 1. The van der Waals surface area contributed by atoms with Gasteiger partial charge in [0.15, 0.2) is 5.96 Å². The van der Waals surface area contributed by atoms with Gasteiger partial charge in [-0.25, -0.2) is 4.99 Å². The Balaban J connectivity index is 0.00000200. The van der Waals surface area contributed by atoms with Crippen LogP contribution in [0.4, 0.5) is 0 Å². The fourth-order valence-corrected chi connectivity index (χ4v) is 1.96. The van der Waals surface area contributed by atoms with Crippen LogP contribution in [0.15, 0.2) is 29.3 Å². The van der Waals surface area contributed by atoms with Gasteiger partial charge in [-0.1, -0.05) is 23.7 Å². The summed E-state index contributed by atoms with van der Waals surface area (Å²) < 4.78 is 5.74. The molecule has 0 amide bonds. The van der Waals surface area contributed by atoms with Gasteiger partial charge >= 0.3 is 0 Å². The summed E-state index contributed by atoms with van der Waals surface area (Å²) in [5, 5.41) is 0.612. The zero-order valence-corrected chi connectivity index (χ0v) is 14.8. The average Bonchev–Trinajstić information content (AvgIpc) is 3.22. The Hall–Kier alpha value is -0.690. The van der Waals surface area contributed by atoms with Crippen molar-refractivity contribution in [2.45, 2.75) is 31.9 Å². The largest absolute Gasteiger partial charge is 0.487 e. The smallest absolute Gasteiger partial charge is 0.191 e. The Kier molecular flexibility index (Phi) is 6.88. The molecule has 1 unspecified atom stereocenters. The van der Waals surface area contributed by atoms with Crippen molar-refractivity contribution in [3.05, 3.63) is 29.3 Å². The molecule has 0 aliphatic heterocycles. The summed E-state index contributed by atoms with van der Waals surface area (Å²) in [4.78, 5) is 6.39. The van der Waals surface area contributed by atoms with Gasteiger partial charge in [0.05, 0.1) is 11.6 Å². The summed E-state index contributed by atoms with van der Waals surface area (Å²) >= 11 is 6.04. The van der Waals surface area contributed by atoms with Gasteiger partial charge in [0.2, 0.25) is 0 Å². The molecule has 4 nitrogen and oxygen atoms in total. The highest BCUT2D eigenvalue weighted by Crippen LogP contribution is 2.25. The second-order valence-corrected chi connectivity index (χ2v) is 5.31. The zero-order chi connectivity index (χ0) is 13.8. The Labute approximate surface area is 142 Å². The first kappa shape index (κ1) is 17.4. The van der Waals surface area contributed by atoms with Crippen molar-refractivity contribution in [3.63, 3.8) is 0 Å². The predicted molar refractivity (Wildman–Crippen MR) is 94.2 cm³/mol. The van der Waals surface area contributed by atoms with E-state index in [1.54, 1.807) is 0 Å². The minimum Gasteiger partial charge on any atom is -0.487 e. The first-order valence-corrected chi connectivity index (χ1v) is 6.89. The molecule has 1 aliphatic rings. The molecule has 0 aromatic heterocycles. The van der Waals surface area contributed by atoms with Gasteiger partial charge in [-0.2, -0.15) is 0 Å². The summed E-state index contributed by atoms with van der Waals surface area (Å²) in [5.41, 5.74) is 5.92. The van der Waals surface area contributed by atoms with Crippen molar-refractivity contribution in [2.75, 3.05) is 13.6 Å². The normalized spacial score (nSPS) is 16.2. The number of halogens is 2. The monoisotopic (exact) mass is 409 g/mol. The van der Waals surface area contributed by atoms with E-state index < -0.39 is 0 Å². The molecule has 1 aromatic rings. The molecule has 0 bridgehead atoms. The fraction of sp³-hybridized carbons (Fsp3) is 0.500. The molecule has 2 N–H and O–H groups in total. The minimum atomic E-state index is -0.0638. The lowest BCUT2D eigenvalue weighted by Crippen LogP contribution is -2.36. The van der Waals surface area contributed by atoms with E-state index in [0.29, 0.717) is 29.3 Å². The molecule has 1 aliphatic carbocycles. The van der Waals surface area contributed by atoms with Gasteiger partial charge in [0.1, 0.15) is 11.9 Å². The predicted octanol–water partition coefficient (Wildman–Crippen LogP) is 3.13. The molecule has 112 valence electrons. The Morgan fingerprint density at radius 3 is 2.75 bits per heavy atom. The summed E-state index contributed by atoms with van der Waals surface area (Å²) in [6, 6.07) is 8.00. The molecular weight excluding hydrogens is 389 g/mol. The summed E-state index contributed by atoms with van der Waals surface area (Å²) in [7, 11) is 1.98. The van der Waals surface area contributed by atoms with Crippen molar-refractivity contribution in [3.8, 4) is 5.75 Å². The third-order valence-electron chi connectivity index (χ3n) is 3.13. The van der Waals surface area contributed by atoms with Crippen molar-refractivity contribution < 1.29 is 4.74 Å². The summed E-state index contributed by atoms with van der Waals surface area (Å²) in [6.45, 7) is 2.48. The lowest BCUT2D eigenvalue weighted by molar-refractivity contribution is 0.230. The van der Waals surface area contributed by atoms with E-state index in [-0.39, 0.29) is 30.1 Å². The molecule has 6 heteroatoms. The molecule has 0 radical (unpaired) electrons. The van der Waals surface area contributed by atoms with E-state index in [2.05, 4.69) is 4.99 Å². The molecule has 0 saturated heterocycles. The molecule has 0 heterocycles. The minimum absolute atomic E-state index is 0. The number of aliphatic imine (C=N–C) groups is 1. The van der Waals surface area contributed by atoms with Crippen molar-refractivity contribution in [1.82, 2.24) is 4.90 Å². The molecule has 20 heavy (non-hydrogen) atoms. The molecular formula is C14H21ClIN3O. The quantitative estimate of drug-likeness (QED) is 0.462. The lowest BCUT2D eigenvalue weighted by atomic mass is 10.3. The second-order valence-electron chi connectivity index (χ2n) is 4.90. The van der Waals surface area contributed by atoms with Crippen LogP contribution in [0.2, 0.25) is 5.02 Å². The van der Waals surface area contributed by atoms with E-state index in [1.165, 1.54) is 12.8 Å². The van der Waals surface area contributed by atoms with Gasteiger partial charge in [0, 0.05) is 13.1 Å². The van der Waals surface area contributed by atoms with Crippen molar-refractivity contribution in [2.24, 2.45) is 10.7 Å². The topological polar surface area (TPSA) is 50.8 Å². The van der Waals surface area contributed by atoms with Crippen LogP contribution in [-0.2, 0) is 0 Å². The van der Waals surface area contributed by atoms with Crippen LogP contribution in [0.3, 0.4) is 0 Å². The maximum Gasteiger partial charge on any atom is 0.191 e. The van der Waals surface area contributed by atoms with E-state index >= 15 is 0 Å². The zero-order valence-electron chi connectivity index (χ0n) is 11.8. The first-order chi connectivity index (χ1) is 9.08. The highest BCUT2D eigenvalue weighted by atomic mass is 127. The number of para-hydroxylation sites is 1. The van der Waals surface area contributed by atoms with Gasteiger partial charge in [-0.05, 0) is 31.9 Å². The van der Waals surface area contributed by atoms with Crippen LogP contribution in [0.1, 0.15) is 19.8 Å². The maximum absolute atomic E-state index is 6.04. The molecule has 1 aromatic carbocycles. The summed E-state index contributed by atoms with van der Waals surface area (Å²) in [5.74, 6) is 1.26. The van der Waals surface area contributed by atoms with Crippen molar-refractivity contribution >= 4 is 41.5 Å². The first-order valence-electron chi connectivity index (χ1n) is 6.52. The number of benzene rings is 1. The molecule has 1 fully saturated rings. The van der Waals surface area contributed by atoms with Crippen LogP contribution < -0.4 is 10.5 Å². The number of guanidine groups is 1. The van der Waals surface area contributed by atoms with Gasteiger partial charge in [-0.15, -0.1) is 24.0 Å². The van der Waals surface area contributed by atoms with E-state index in [4.69, 9.17) is 22.1 Å². The molecule has 0 spiro atoms. The number of hydrogen-bond acceptors (Lipinski definition) is 2. The summed E-state index contributed by atoms with van der Waals surface area (Å²) in [6.07, 6.45) is 2.35. The van der Waals surface area contributed by atoms with Gasteiger partial charge in [0.25, 0.3) is 0 Å². The second kappa shape index (κ2) is 7.93.